The number of hydrogen-bond acceptors (Lipinski definition) is 3. The van der Waals surface area contributed by atoms with E-state index in [1.807, 2.05) is 6.07 Å². The number of rotatable bonds is 4. The van der Waals surface area contributed by atoms with Crippen LogP contribution in [0, 0.1) is 11.3 Å². The lowest BCUT2D eigenvalue weighted by atomic mass is 9.81. The van der Waals surface area contributed by atoms with Gasteiger partial charge in [0.2, 0.25) is 0 Å². The number of aromatic nitrogens is 1. The average Bonchev–Trinajstić information content (AvgIpc) is 2.45. The summed E-state index contributed by atoms with van der Waals surface area (Å²) >= 11 is 0. The van der Waals surface area contributed by atoms with Gasteiger partial charge in [-0.2, -0.15) is 5.26 Å². The molecule has 102 valence electrons. The SMILES string of the molecule is N#Cc1ccccc1COc1cncc([B-](F)(F)F)c1. The van der Waals surface area contributed by atoms with Crippen LogP contribution in [0.5, 0.6) is 5.75 Å². The minimum atomic E-state index is -5.10. The molecular formula is C13H9BF3N2O-. The topological polar surface area (TPSA) is 45.9 Å². The second-order valence-corrected chi connectivity index (χ2v) is 4.09. The molecular weight excluding hydrogens is 268 g/mol. The van der Waals surface area contributed by atoms with Gasteiger partial charge >= 0.3 is 6.98 Å². The van der Waals surface area contributed by atoms with Gasteiger partial charge in [-0.05, 0) is 12.1 Å². The second kappa shape index (κ2) is 5.65. The first-order valence-electron chi connectivity index (χ1n) is 5.76. The number of pyridine rings is 1. The Balaban J connectivity index is 2.14. The highest BCUT2D eigenvalue weighted by Crippen LogP contribution is 2.15. The Labute approximate surface area is 113 Å². The van der Waals surface area contributed by atoms with Crippen molar-refractivity contribution in [2.75, 3.05) is 0 Å². The highest BCUT2D eigenvalue weighted by molar-refractivity contribution is 6.73. The van der Waals surface area contributed by atoms with Gasteiger partial charge in [0.1, 0.15) is 12.4 Å². The summed E-state index contributed by atoms with van der Waals surface area (Å²) in [4.78, 5) is 3.51. The normalized spacial score (nSPS) is 10.9. The second-order valence-electron chi connectivity index (χ2n) is 4.09. The Kier molecular flexibility index (Phi) is 3.94. The van der Waals surface area contributed by atoms with E-state index in [1.165, 1.54) is 6.20 Å². The zero-order valence-electron chi connectivity index (χ0n) is 10.3. The third-order valence-corrected chi connectivity index (χ3v) is 2.64. The average molecular weight is 277 g/mol. The highest BCUT2D eigenvalue weighted by atomic mass is 19.4. The Morgan fingerprint density at radius 1 is 1.20 bits per heavy atom. The fourth-order valence-electron chi connectivity index (χ4n) is 1.61. The first-order valence-corrected chi connectivity index (χ1v) is 5.76. The van der Waals surface area contributed by atoms with Crippen molar-refractivity contribution < 1.29 is 17.7 Å². The third-order valence-electron chi connectivity index (χ3n) is 2.64. The number of ether oxygens (including phenoxy) is 1. The van der Waals surface area contributed by atoms with Gasteiger partial charge in [-0.25, -0.2) is 0 Å². The number of nitrogens with zero attached hydrogens (tertiary/aromatic N) is 2. The van der Waals surface area contributed by atoms with Crippen LogP contribution in [0.25, 0.3) is 0 Å². The van der Waals surface area contributed by atoms with Crippen LogP contribution in [0.3, 0.4) is 0 Å². The highest BCUT2D eigenvalue weighted by Gasteiger charge is 2.26. The molecule has 0 spiro atoms. The van der Waals surface area contributed by atoms with Gasteiger partial charge in [-0.3, -0.25) is 4.98 Å². The van der Waals surface area contributed by atoms with Gasteiger partial charge in [0.05, 0.1) is 17.8 Å². The number of halogens is 3. The molecule has 0 aliphatic carbocycles. The molecule has 0 fully saturated rings. The van der Waals surface area contributed by atoms with E-state index < -0.39 is 12.4 Å². The maximum absolute atomic E-state index is 12.6. The van der Waals surface area contributed by atoms with Crippen LogP contribution in [-0.2, 0) is 6.61 Å². The molecule has 0 unspecified atom stereocenters. The van der Waals surface area contributed by atoms with Crippen molar-refractivity contribution in [1.29, 1.82) is 5.26 Å². The summed E-state index contributed by atoms with van der Waals surface area (Å²) in [6.07, 6.45) is 1.97. The predicted molar refractivity (Wildman–Crippen MR) is 68.4 cm³/mol. The summed E-state index contributed by atoms with van der Waals surface area (Å²) in [5.74, 6) is 0.0226. The van der Waals surface area contributed by atoms with Crippen LogP contribution >= 0.6 is 0 Å². The van der Waals surface area contributed by atoms with E-state index in [2.05, 4.69) is 4.98 Å². The zero-order valence-corrected chi connectivity index (χ0v) is 10.3. The smallest absolute Gasteiger partial charge is 0.487 e. The van der Waals surface area contributed by atoms with Crippen LogP contribution in [0.15, 0.2) is 42.7 Å². The summed E-state index contributed by atoms with van der Waals surface area (Å²) in [5, 5.41) is 8.90. The maximum atomic E-state index is 12.6. The lowest BCUT2D eigenvalue weighted by Crippen LogP contribution is -2.34. The molecule has 0 N–H and O–H groups in total. The quantitative estimate of drug-likeness (QED) is 0.807. The van der Waals surface area contributed by atoms with Crippen molar-refractivity contribution in [1.82, 2.24) is 4.98 Å². The molecule has 20 heavy (non-hydrogen) atoms. The van der Waals surface area contributed by atoms with Crippen LogP contribution in [0.2, 0.25) is 0 Å². The van der Waals surface area contributed by atoms with Crippen LogP contribution in [0.1, 0.15) is 11.1 Å². The van der Waals surface area contributed by atoms with E-state index in [0.29, 0.717) is 11.1 Å². The van der Waals surface area contributed by atoms with Gasteiger partial charge in [-0.15, -0.1) is 0 Å². The molecule has 7 heteroatoms. The molecule has 0 atom stereocenters. The molecule has 1 heterocycles. The molecule has 1 aromatic heterocycles. The molecule has 0 radical (unpaired) electrons. The molecule has 0 amide bonds. The van der Waals surface area contributed by atoms with E-state index in [-0.39, 0.29) is 12.4 Å². The maximum Gasteiger partial charge on any atom is 0.511 e. The van der Waals surface area contributed by atoms with Gasteiger partial charge in [-0.1, -0.05) is 23.7 Å². The van der Waals surface area contributed by atoms with E-state index >= 15 is 0 Å². The summed E-state index contributed by atoms with van der Waals surface area (Å²) in [6.45, 7) is -5.09. The molecule has 0 bridgehead atoms. The van der Waals surface area contributed by atoms with Gasteiger partial charge in [0.25, 0.3) is 0 Å². The molecule has 2 aromatic rings. The molecule has 3 nitrogen and oxygen atoms in total. The lowest BCUT2D eigenvalue weighted by Gasteiger charge is -2.15. The first kappa shape index (κ1) is 13.9. The molecule has 1 aromatic carbocycles. The van der Waals surface area contributed by atoms with Gasteiger partial charge in [0, 0.05) is 11.8 Å². The van der Waals surface area contributed by atoms with Gasteiger partial charge in [0.15, 0.2) is 0 Å². The minimum absolute atomic E-state index is 0.0136. The molecule has 0 aliphatic heterocycles. The Bertz CT molecular complexity index is 653. The molecule has 0 saturated heterocycles. The van der Waals surface area contributed by atoms with Crippen molar-refractivity contribution in [3.63, 3.8) is 0 Å². The first-order chi connectivity index (χ1) is 9.50. The fourth-order valence-corrected chi connectivity index (χ4v) is 1.61. The van der Waals surface area contributed by atoms with Crippen molar-refractivity contribution >= 4 is 12.4 Å². The summed E-state index contributed by atoms with van der Waals surface area (Å²) in [6, 6.07) is 9.63. The monoisotopic (exact) mass is 277 g/mol. The van der Waals surface area contributed by atoms with Crippen molar-refractivity contribution in [2.24, 2.45) is 0 Å². The molecule has 0 aliphatic rings. The summed E-state index contributed by atoms with van der Waals surface area (Å²) in [5.41, 5.74) is 0.227. The van der Waals surface area contributed by atoms with E-state index in [0.717, 1.165) is 12.3 Å². The largest absolute Gasteiger partial charge is 0.511 e. The Morgan fingerprint density at radius 3 is 2.65 bits per heavy atom. The zero-order chi connectivity index (χ0) is 14.6. The van der Waals surface area contributed by atoms with E-state index in [1.54, 1.807) is 24.3 Å². The summed E-state index contributed by atoms with van der Waals surface area (Å²) in [7, 11) is 0. The van der Waals surface area contributed by atoms with E-state index in [9.17, 15) is 12.9 Å². The summed E-state index contributed by atoms with van der Waals surface area (Å²) < 4.78 is 43.0. The van der Waals surface area contributed by atoms with Crippen molar-refractivity contribution in [3.05, 3.63) is 53.9 Å². The van der Waals surface area contributed by atoms with E-state index in [4.69, 9.17) is 10.00 Å². The number of benzene rings is 1. The van der Waals surface area contributed by atoms with Crippen LogP contribution in [0.4, 0.5) is 12.9 Å². The van der Waals surface area contributed by atoms with Crippen molar-refractivity contribution in [2.45, 2.75) is 6.61 Å². The predicted octanol–water partition coefficient (Wildman–Crippen LogP) is 2.59. The third kappa shape index (κ3) is 3.29. The lowest BCUT2D eigenvalue weighted by molar-refractivity contribution is 0.304. The minimum Gasteiger partial charge on any atom is -0.487 e. The van der Waals surface area contributed by atoms with Crippen LogP contribution < -0.4 is 10.2 Å². The number of nitriles is 1. The Hall–Kier alpha value is -2.49. The molecule has 0 saturated carbocycles. The van der Waals surface area contributed by atoms with Crippen molar-refractivity contribution in [3.8, 4) is 11.8 Å². The Morgan fingerprint density at radius 2 is 1.95 bits per heavy atom. The number of hydrogen-bond donors (Lipinski definition) is 0. The van der Waals surface area contributed by atoms with Gasteiger partial charge < -0.3 is 17.7 Å². The standard InChI is InChI=1S/C13H9BF3N2O/c15-14(16,17)12-5-13(8-19-7-12)20-9-11-4-2-1-3-10(11)6-18/h1-5,7-8H,9H2/q-1. The van der Waals surface area contributed by atoms with Crippen LogP contribution in [-0.4, -0.2) is 12.0 Å². The fraction of sp³-hybridized carbons (Fsp3) is 0.0769. The molecule has 2 rings (SSSR count).